The third-order valence-electron chi connectivity index (χ3n) is 2.76. The molecule has 0 spiro atoms. The SMILES string of the molecule is CC(C)CC(=O)[C@@H](NC(=O)[C@@H](F)C(C)C)C(C)C. The predicted molar refractivity (Wildman–Crippen MR) is 71.0 cm³/mol. The van der Waals surface area contributed by atoms with Gasteiger partial charge in [0.2, 0.25) is 0 Å². The molecular formula is C14H26FNO2. The van der Waals surface area contributed by atoms with Crippen molar-refractivity contribution in [3.05, 3.63) is 0 Å². The number of carbonyl (C=O) groups is 2. The van der Waals surface area contributed by atoms with E-state index in [-0.39, 0.29) is 23.5 Å². The molecule has 0 bridgehead atoms. The lowest BCUT2D eigenvalue weighted by Crippen LogP contribution is -2.48. The highest BCUT2D eigenvalue weighted by Gasteiger charge is 2.29. The highest BCUT2D eigenvalue weighted by molar-refractivity contribution is 5.90. The minimum absolute atomic E-state index is 0.0238. The molecular weight excluding hydrogens is 233 g/mol. The van der Waals surface area contributed by atoms with Gasteiger partial charge >= 0.3 is 0 Å². The van der Waals surface area contributed by atoms with Crippen molar-refractivity contribution in [2.75, 3.05) is 0 Å². The molecule has 1 amide bonds. The lowest BCUT2D eigenvalue weighted by atomic mass is 9.93. The Morgan fingerprint density at radius 3 is 1.83 bits per heavy atom. The molecule has 4 heteroatoms. The number of rotatable bonds is 7. The zero-order valence-electron chi connectivity index (χ0n) is 12.3. The number of hydrogen-bond donors (Lipinski definition) is 1. The van der Waals surface area contributed by atoms with E-state index in [2.05, 4.69) is 5.32 Å². The summed E-state index contributed by atoms with van der Waals surface area (Å²) < 4.78 is 13.5. The van der Waals surface area contributed by atoms with Crippen LogP contribution in [0.5, 0.6) is 0 Å². The first-order chi connectivity index (χ1) is 8.16. The molecule has 0 fully saturated rings. The second kappa shape index (κ2) is 7.49. The first-order valence-corrected chi connectivity index (χ1v) is 6.64. The number of amides is 1. The second-order valence-corrected chi connectivity index (χ2v) is 5.94. The van der Waals surface area contributed by atoms with E-state index in [0.717, 1.165) is 0 Å². The van der Waals surface area contributed by atoms with Crippen molar-refractivity contribution in [3.8, 4) is 0 Å². The summed E-state index contributed by atoms with van der Waals surface area (Å²) in [4.78, 5) is 23.6. The zero-order valence-corrected chi connectivity index (χ0v) is 12.3. The average molecular weight is 259 g/mol. The van der Waals surface area contributed by atoms with Crippen LogP contribution >= 0.6 is 0 Å². The average Bonchev–Trinajstić information content (AvgIpc) is 2.22. The number of alkyl halides is 1. The molecule has 0 aliphatic heterocycles. The number of hydrogen-bond acceptors (Lipinski definition) is 2. The molecule has 0 aromatic rings. The zero-order chi connectivity index (χ0) is 14.5. The first kappa shape index (κ1) is 17.1. The number of Topliss-reactive ketones (excluding diaryl/α,β-unsaturated/α-hetero) is 1. The van der Waals surface area contributed by atoms with Crippen molar-refractivity contribution < 1.29 is 14.0 Å². The summed E-state index contributed by atoms with van der Waals surface area (Å²) in [6, 6.07) is -0.586. The highest BCUT2D eigenvalue weighted by atomic mass is 19.1. The Hall–Kier alpha value is -0.930. The van der Waals surface area contributed by atoms with E-state index in [0.29, 0.717) is 6.42 Å². The summed E-state index contributed by atoms with van der Waals surface area (Å²) in [7, 11) is 0. The quantitative estimate of drug-likeness (QED) is 0.764. The number of nitrogens with one attached hydrogen (secondary N) is 1. The molecule has 0 saturated carbocycles. The largest absolute Gasteiger partial charge is 0.344 e. The Balaban J connectivity index is 4.64. The molecule has 2 atom stereocenters. The first-order valence-electron chi connectivity index (χ1n) is 6.64. The number of halogens is 1. The molecule has 18 heavy (non-hydrogen) atoms. The lowest BCUT2D eigenvalue weighted by Gasteiger charge is -2.23. The Bertz CT molecular complexity index is 288. The molecule has 0 saturated heterocycles. The van der Waals surface area contributed by atoms with E-state index in [9.17, 15) is 14.0 Å². The molecule has 3 nitrogen and oxygen atoms in total. The molecule has 0 unspecified atom stereocenters. The standard InChI is InChI=1S/C14H26FNO2/c1-8(2)7-11(17)13(10(5)6)16-14(18)12(15)9(3)4/h8-10,12-13H,7H2,1-6H3,(H,16,18)/t12-,13-/m0/s1. The third kappa shape index (κ3) is 5.61. The van der Waals surface area contributed by atoms with Crippen LogP contribution in [-0.2, 0) is 9.59 Å². The van der Waals surface area contributed by atoms with E-state index in [4.69, 9.17) is 0 Å². The van der Waals surface area contributed by atoms with Crippen molar-refractivity contribution >= 4 is 11.7 Å². The summed E-state index contributed by atoms with van der Waals surface area (Å²) in [5.41, 5.74) is 0. The molecule has 1 N–H and O–H groups in total. The molecule has 0 rings (SSSR count). The Morgan fingerprint density at radius 2 is 1.50 bits per heavy atom. The van der Waals surface area contributed by atoms with Crippen LogP contribution in [0, 0.1) is 17.8 Å². The molecule has 0 aromatic heterocycles. The van der Waals surface area contributed by atoms with Crippen LogP contribution in [0.1, 0.15) is 48.0 Å². The smallest absolute Gasteiger partial charge is 0.255 e. The summed E-state index contributed by atoms with van der Waals surface area (Å²) >= 11 is 0. The van der Waals surface area contributed by atoms with Crippen molar-refractivity contribution in [2.45, 2.75) is 60.2 Å². The predicted octanol–water partition coefficient (Wildman–Crippen LogP) is 2.74. The van der Waals surface area contributed by atoms with Gasteiger partial charge in [0, 0.05) is 6.42 Å². The van der Waals surface area contributed by atoms with E-state index in [1.807, 2.05) is 27.7 Å². The third-order valence-corrected chi connectivity index (χ3v) is 2.76. The second-order valence-electron chi connectivity index (χ2n) is 5.94. The topological polar surface area (TPSA) is 46.2 Å². The van der Waals surface area contributed by atoms with E-state index < -0.39 is 18.1 Å². The summed E-state index contributed by atoms with van der Waals surface area (Å²) in [5.74, 6) is -0.871. The fourth-order valence-electron chi connectivity index (χ4n) is 1.68. The summed E-state index contributed by atoms with van der Waals surface area (Å²) in [6.07, 6.45) is -1.15. The van der Waals surface area contributed by atoms with Crippen molar-refractivity contribution in [2.24, 2.45) is 17.8 Å². The van der Waals surface area contributed by atoms with Crippen LogP contribution in [0.2, 0.25) is 0 Å². The molecule has 0 heterocycles. The van der Waals surface area contributed by atoms with Gasteiger partial charge in [-0.1, -0.05) is 41.5 Å². The van der Waals surface area contributed by atoms with Gasteiger partial charge in [-0.15, -0.1) is 0 Å². The number of carbonyl (C=O) groups excluding carboxylic acids is 2. The minimum atomic E-state index is -1.56. The molecule has 0 radical (unpaired) electrons. The Labute approximate surface area is 110 Å². The molecule has 106 valence electrons. The molecule has 0 aliphatic rings. The summed E-state index contributed by atoms with van der Waals surface area (Å²) in [6.45, 7) is 10.9. The lowest BCUT2D eigenvalue weighted by molar-refractivity contribution is -0.133. The fraction of sp³-hybridized carbons (Fsp3) is 0.857. The van der Waals surface area contributed by atoms with Gasteiger partial charge in [-0.2, -0.15) is 0 Å². The van der Waals surface area contributed by atoms with Crippen molar-refractivity contribution in [3.63, 3.8) is 0 Å². The maximum Gasteiger partial charge on any atom is 0.255 e. The van der Waals surface area contributed by atoms with Gasteiger partial charge in [-0.25, -0.2) is 4.39 Å². The van der Waals surface area contributed by atoms with Crippen molar-refractivity contribution in [1.82, 2.24) is 5.32 Å². The molecule has 0 aliphatic carbocycles. The normalized spacial score (nSPS) is 15.0. The van der Waals surface area contributed by atoms with E-state index in [1.165, 1.54) is 0 Å². The van der Waals surface area contributed by atoms with Crippen LogP contribution in [0.4, 0.5) is 4.39 Å². The molecule has 0 aromatic carbocycles. The van der Waals surface area contributed by atoms with Crippen LogP contribution < -0.4 is 5.32 Å². The Kier molecular flexibility index (Phi) is 7.11. The maximum atomic E-state index is 13.5. The van der Waals surface area contributed by atoms with Gasteiger partial charge in [0.1, 0.15) is 0 Å². The van der Waals surface area contributed by atoms with Gasteiger partial charge in [-0.05, 0) is 17.8 Å². The van der Waals surface area contributed by atoms with Crippen LogP contribution in [-0.4, -0.2) is 23.9 Å². The van der Waals surface area contributed by atoms with Crippen LogP contribution in [0.3, 0.4) is 0 Å². The van der Waals surface area contributed by atoms with Gasteiger partial charge in [0.15, 0.2) is 12.0 Å². The van der Waals surface area contributed by atoms with Gasteiger partial charge in [0.05, 0.1) is 6.04 Å². The fourth-order valence-corrected chi connectivity index (χ4v) is 1.68. The maximum absolute atomic E-state index is 13.5. The highest BCUT2D eigenvalue weighted by Crippen LogP contribution is 2.12. The van der Waals surface area contributed by atoms with Crippen LogP contribution in [0.25, 0.3) is 0 Å². The number of ketones is 1. The van der Waals surface area contributed by atoms with Gasteiger partial charge in [0.25, 0.3) is 5.91 Å². The van der Waals surface area contributed by atoms with Crippen LogP contribution in [0.15, 0.2) is 0 Å². The van der Waals surface area contributed by atoms with E-state index >= 15 is 0 Å². The van der Waals surface area contributed by atoms with Gasteiger partial charge in [-0.3, -0.25) is 9.59 Å². The monoisotopic (exact) mass is 259 g/mol. The van der Waals surface area contributed by atoms with E-state index in [1.54, 1.807) is 13.8 Å². The van der Waals surface area contributed by atoms with Crippen molar-refractivity contribution in [1.29, 1.82) is 0 Å². The minimum Gasteiger partial charge on any atom is -0.344 e. The Morgan fingerprint density at radius 1 is 1.00 bits per heavy atom. The van der Waals surface area contributed by atoms with Gasteiger partial charge < -0.3 is 5.32 Å². The summed E-state index contributed by atoms with van der Waals surface area (Å²) in [5, 5.41) is 2.54.